The van der Waals surface area contributed by atoms with Crippen molar-refractivity contribution in [1.82, 2.24) is 9.88 Å². The highest BCUT2D eigenvalue weighted by Crippen LogP contribution is 2.05. The van der Waals surface area contributed by atoms with Gasteiger partial charge in [-0.15, -0.1) is 0 Å². The molecule has 0 radical (unpaired) electrons. The third-order valence-electron chi connectivity index (χ3n) is 2.57. The summed E-state index contributed by atoms with van der Waals surface area (Å²) in [5.74, 6) is 0.0988. The fourth-order valence-corrected chi connectivity index (χ4v) is 1.60. The van der Waals surface area contributed by atoms with E-state index in [-0.39, 0.29) is 12.5 Å². The minimum atomic E-state index is 0.0988. The number of pyridine rings is 1. The Balaban J connectivity index is 2.43. The van der Waals surface area contributed by atoms with Crippen molar-refractivity contribution < 1.29 is 9.90 Å². The van der Waals surface area contributed by atoms with Crippen LogP contribution in [-0.2, 0) is 11.3 Å². The largest absolute Gasteiger partial charge is 0.396 e. The molecule has 0 bridgehead atoms. The summed E-state index contributed by atoms with van der Waals surface area (Å²) >= 11 is 0. The van der Waals surface area contributed by atoms with Gasteiger partial charge in [-0.2, -0.15) is 0 Å². The summed E-state index contributed by atoms with van der Waals surface area (Å²) < 4.78 is 0. The van der Waals surface area contributed by atoms with Gasteiger partial charge in [0, 0.05) is 25.8 Å². The number of unbranched alkanes of at least 4 members (excludes halogenated alkanes) is 1. The molecule has 17 heavy (non-hydrogen) atoms. The summed E-state index contributed by atoms with van der Waals surface area (Å²) in [7, 11) is 1.78. The van der Waals surface area contributed by atoms with Crippen molar-refractivity contribution in [2.24, 2.45) is 0 Å². The molecule has 0 aliphatic heterocycles. The van der Waals surface area contributed by atoms with Gasteiger partial charge in [-0.25, -0.2) is 0 Å². The monoisotopic (exact) mass is 236 g/mol. The quantitative estimate of drug-likeness (QED) is 0.762. The van der Waals surface area contributed by atoms with Crippen LogP contribution in [0, 0.1) is 6.92 Å². The topological polar surface area (TPSA) is 53.4 Å². The molecule has 0 saturated carbocycles. The van der Waals surface area contributed by atoms with E-state index in [1.54, 1.807) is 11.9 Å². The Morgan fingerprint density at radius 1 is 1.41 bits per heavy atom. The lowest BCUT2D eigenvalue weighted by molar-refractivity contribution is -0.130. The van der Waals surface area contributed by atoms with Crippen molar-refractivity contribution in [1.29, 1.82) is 0 Å². The Labute approximate surface area is 102 Å². The minimum absolute atomic E-state index is 0.0988. The van der Waals surface area contributed by atoms with E-state index >= 15 is 0 Å². The predicted octanol–water partition coefficient (Wildman–Crippen LogP) is 1.51. The third-order valence-corrected chi connectivity index (χ3v) is 2.57. The fourth-order valence-electron chi connectivity index (χ4n) is 1.60. The van der Waals surface area contributed by atoms with E-state index < -0.39 is 0 Å². The van der Waals surface area contributed by atoms with Crippen LogP contribution in [-0.4, -0.2) is 34.6 Å². The Morgan fingerprint density at radius 2 is 2.18 bits per heavy atom. The highest BCUT2D eigenvalue weighted by atomic mass is 16.3. The van der Waals surface area contributed by atoms with E-state index in [2.05, 4.69) is 4.98 Å². The number of aromatic nitrogens is 1. The number of hydrogen-bond acceptors (Lipinski definition) is 3. The zero-order valence-corrected chi connectivity index (χ0v) is 10.5. The van der Waals surface area contributed by atoms with Gasteiger partial charge >= 0.3 is 0 Å². The van der Waals surface area contributed by atoms with Crippen LogP contribution in [0.3, 0.4) is 0 Å². The molecule has 94 valence electrons. The average molecular weight is 236 g/mol. The van der Waals surface area contributed by atoms with Crippen LogP contribution in [0.2, 0.25) is 0 Å². The molecule has 0 aliphatic rings. The van der Waals surface area contributed by atoms with Crippen molar-refractivity contribution in [2.45, 2.75) is 32.7 Å². The average Bonchev–Trinajstić information content (AvgIpc) is 2.29. The van der Waals surface area contributed by atoms with Crippen molar-refractivity contribution in [2.75, 3.05) is 13.7 Å². The summed E-state index contributed by atoms with van der Waals surface area (Å²) in [4.78, 5) is 17.8. The van der Waals surface area contributed by atoms with Gasteiger partial charge in [0.05, 0.1) is 12.2 Å². The number of rotatable bonds is 6. The molecule has 0 aliphatic carbocycles. The predicted molar refractivity (Wildman–Crippen MR) is 66.4 cm³/mol. The molecule has 0 spiro atoms. The Bertz CT molecular complexity index is 366. The first-order chi connectivity index (χ1) is 8.13. The minimum Gasteiger partial charge on any atom is -0.396 e. The molecule has 1 aromatic heterocycles. The summed E-state index contributed by atoms with van der Waals surface area (Å²) in [5, 5.41) is 8.65. The molecule has 4 nitrogen and oxygen atoms in total. The maximum Gasteiger partial charge on any atom is 0.222 e. The van der Waals surface area contributed by atoms with Crippen molar-refractivity contribution >= 4 is 5.91 Å². The number of carbonyl (C=O) groups is 1. The molecule has 1 N–H and O–H groups in total. The molecular weight excluding hydrogens is 216 g/mol. The molecule has 1 heterocycles. The summed E-state index contributed by atoms with van der Waals surface area (Å²) in [5.41, 5.74) is 1.87. The number of aliphatic hydroxyl groups is 1. The van der Waals surface area contributed by atoms with Crippen LogP contribution in [0.1, 0.15) is 30.7 Å². The van der Waals surface area contributed by atoms with Crippen LogP contribution in [0.25, 0.3) is 0 Å². The highest BCUT2D eigenvalue weighted by Gasteiger charge is 2.09. The smallest absolute Gasteiger partial charge is 0.222 e. The van der Waals surface area contributed by atoms with E-state index in [0.717, 1.165) is 17.8 Å². The third kappa shape index (κ3) is 4.95. The van der Waals surface area contributed by atoms with Gasteiger partial charge in [0.2, 0.25) is 5.91 Å². The van der Waals surface area contributed by atoms with Crippen LogP contribution in [0.5, 0.6) is 0 Å². The maximum atomic E-state index is 11.7. The fraction of sp³-hybridized carbons (Fsp3) is 0.538. The van der Waals surface area contributed by atoms with Gasteiger partial charge in [0.1, 0.15) is 0 Å². The van der Waals surface area contributed by atoms with Gasteiger partial charge < -0.3 is 10.0 Å². The zero-order chi connectivity index (χ0) is 12.7. The summed E-state index contributed by atoms with van der Waals surface area (Å²) in [6.45, 7) is 2.63. The second kappa shape index (κ2) is 7.01. The van der Waals surface area contributed by atoms with Crippen molar-refractivity contribution in [3.8, 4) is 0 Å². The maximum absolute atomic E-state index is 11.7. The number of aliphatic hydroxyl groups excluding tert-OH is 1. The molecule has 0 fully saturated rings. The van der Waals surface area contributed by atoms with E-state index in [1.807, 2.05) is 25.1 Å². The lowest BCUT2D eigenvalue weighted by Gasteiger charge is -2.16. The van der Waals surface area contributed by atoms with Crippen molar-refractivity contribution in [3.05, 3.63) is 29.6 Å². The van der Waals surface area contributed by atoms with Gasteiger partial charge in [0.15, 0.2) is 0 Å². The van der Waals surface area contributed by atoms with E-state index in [1.165, 1.54) is 0 Å². The SMILES string of the molecule is Cc1cccc(CN(C)C(=O)CCCCO)n1. The standard InChI is InChI=1S/C13H20N2O2/c1-11-6-5-7-12(14-11)10-15(2)13(17)8-3-4-9-16/h5-7,16H,3-4,8-10H2,1-2H3. The van der Waals surface area contributed by atoms with Gasteiger partial charge in [0.25, 0.3) is 0 Å². The molecule has 0 aromatic carbocycles. The molecular formula is C13H20N2O2. The van der Waals surface area contributed by atoms with Gasteiger partial charge in [-0.05, 0) is 31.9 Å². The first kappa shape index (κ1) is 13.6. The first-order valence-electron chi connectivity index (χ1n) is 5.91. The molecule has 4 heteroatoms. The first-order valence-corrected chi connectivity index (χ1v) is 5.91. The number of aryl methyl sites for hydroxylation is 1. The molecule has 0 atom stereocenters. The Kier molecular flexibility index (Phi) is 5.63. The zero-order valence-electron chi connectivity index (χ0n) is 10.5. The van der Waals surface area contributed by atoms with E-state index in [4.69, 9.17) is 5.11 Å². The molecule has 1 aromatic rings. The lowest BCUT2D eigenvalue weighted by Crippen LogP contribution is -2.26. The molecule has 0 saturated heterocycles. The number of amides is 1. The second-order valence-electron chi connectivity index (χ2n) is 4.20. The number of hydrogen-bond donors (Lipinski definition) is 1. The highest BCUT2D eigenvalue weighted by molar-refractivity contribution is 5.75. The number of carbonyl (C=O) groups excluding carboxylic acids is 1. The molecule has 1 amide bonds. The second-order valence-corrected chi connectivity index (χ2v) is 4.20. The van der Waals surface area contributed by atoms with E-state index in [0.29, 0.717) is 19.4 Å². The van der Waals surface area contributed by atoms with E-state index in [9.17, 15) is 4.79 Å². The van der Waals surface area contributed by atoms with Gasteiger partial charge in [-0.1, -0.05) is 6.07 Å². The van der Waals surface area contributed by atoms with Gasteiger partial charge in [-0.3, -0.25) is 9.78 Å². The van der Waals surface area contributed by atoms with Crippen LogP contribution in [0.4, 0.5) is 0 Å². The Morgan fingerprint density at radius 3 is 2.82 bits per heavy atom. The molecule has 0 unspecified atom stereocenters. The van der Waals surface area contributed by atoms with Crippen LogP contribution in [0.15, 0.2) is 18.2 Å². The van der Waals surface area contributed by atoms with Crippen LogP contribution < -0.4 is 0 Å². The molecule has 1 rings (SSSR count). The summed E-state index contributed by atoms with van der Waals surface area (Å²) in [6, 6.07) is 5.80. The normalized spacial score (nSPS) is 10.3. The Hall–Kier alpha value is -1.42. The number of nitrogens with zero attached hydrogens (tertiary/aromatic N) is 2. The summed E-state index contributed by atoms with van der Waals surface area (Å²) in [6.07, 6.45) is 1.91. The van der Waals surface area contributed by atoms with Crippen molar-refractivity contribution in [3.63, 3.8) is 0 Å². The lowest BCUT2D eigenvalue weighted by atomic mass is 10.2. The van der Waals surface area contributed by atoms with Crippen LogP contribution >= 0.6 is 0 Å².